The summed E-state index contributed by atoms with van der Waals surface area (Å²) in [4.78, 5) is 11.9. The van der Waals surface area contributed by atoms with Crippen LogP contribution in [0.5, 0.6) is 0 Å². The molecule has 1 aromatic heterocycles. The minimum atomic E-state index is -0.797. The first-order valence-corrected chi connectivity index (χ1v) is 7.85. The van der Waals surface area contributed by atoms with Crippen molar-refractivity contribution >= 4 is 28.1 Å². The maximum Gasteiger partial charge on any atom is 0.287 e. The average Bonchev–Trinajstić information content (AvgIpc) is 2.29. The molecule has 1 atom stereocenters. The summed E-state index contributed by atoms with van der Waals surface area (Å²) in [7, 11) is -0.797. The van der Waals surface area contributed by atoms with E-state index in [2.05, 4.69) is 10.4 Å². The van der Waals surface area contributed by atoms with Crippen LogP contribution in [-0.4, -0.2) is 32.5 Å². The van der Waals surface area contributed by atoms with Crippen LogP contribution >= 0.6 is 11.6 Å². The third-order valence-electron chi connectivity index (χ3n) is 2.36. The molecule has 0 aliphatic heterocycles. The number of nitrogens with one attached hydrogen (secondary N) is 1. The molecular formula is C11H18ClN3O2S. The molecule has 0 aromatic carbocycles. The summed E-state index contributed by atoms with van der Waals surface area (Å²) in [5.41, 5.74) is 0.233. The molecule has 0 bridgehead atoms. The highest BCUT2D eigenvalue weighted by atomic mass is 35.5. The zero-order valence-electron chi connectivity index (χ0n) is 10.8. The third kappa shape index (κ3) is 4.10. The monoisotopic (exact) mass is 291 g/mol. The van der Waals surface area contributed by atoms with Gasteiger partial charge in [0.2, 0.25) is 0 Å². The van der Waals surface area contributed by atoms with Gasteiger partial charge in [0.05, 0.1) is 17.9 Å². The standard InChI is InChI=1S/C11H18ClN3O2S/c1-8(2)15-11(16)10(12)9(7-14-15)13-5-4-6-18(3)17/h7-8,13H,4-6H2,1-3H3. The molecule has 1 heterocycles. The van der Waals surface area contributed by atoms with Gasteiger partial charge in [-0.25, -0.2) is 4.68 Å². The molecule has 1 N–H and O–H groups in total. The van der Waals surface area contributed by atoms with Gasteiger partial charge in [0.15, 0.2) is 0 Å². The molecular weight excluding hydrogens is 274 g/mol. The van der Waals surface area contributed by atoms with Crippen LogP contribution in [0.4, 0.5) is 5.69 Å². The number of hydrogen-bond donors (Lipinski definition) is 1. The van der Waals surface area contributed by atoms with Crippen molar-refractivity contribution in [1.29, 1.82) is 0 Å². The van der Waals surface area contributed by atoms with Crippen LogP contribution in [0.15, 0.2) is 11.0 Å². The second kappa shape index (κ2) is 6.89. The van der Waals surface area contributed by atoms with Gasteiger partial charge in [-0.05, 0) is 20.3 Å². The lowest BCUT2D eigenvalue weighted by molar-refractivity contribution is 0.503. The summed E-state index contributed by atoms with van der Waals surface area (Å²) in [6.45, 7) is 4.36. The number of aromatic nitrogens is 2. The van der Waals surface area contributed by atoms with Crippen molar-refractivity contribution < 1.29 is 4.21 Å². The Labute approximate surface area is 114 Å². The first-order valence-electron chi connectivity index (χ1n) is 5.74. The average molecular weight is 292 g/mol. The fourth-order valence-corrected chi connectivity index (χ4v) is 2.19. The summed E-state index contributed by atoms with van der Waals surface area (Å²) in [5.74, 6) is 0.626. The van der Waals surface area contributed by atoms with Crippen LogP contribution in [-0.2, 0) is 10.8 Å². The lowest BCUT2D eigenvalue weighted by atomic mass is 10.3. The predicted molar refractivity (Wildman–Crippen MR) is 75.9 cm³/mol. The van der Waals surface area contributed by atoms with E-state index in [1.807, 2.05) is 13.8 Å². The molecule has 0 fully saturated rings. The minimum absolute atomic E-state index is 0.0217. The Morgan fingerprint density at radius 1 is 1.56 bits per heavy atom. The van der Waals surface area contributed by atoms with Crippen molar-refractivity contribution in [2.75, 3.05) is 23.9 Å². The minimum Gasteiger partial charge on any atom is -0.382 e. The highest BCUT2D eigenvalue weighted by molar-refractivity contribution is 7.84. The van der Waals surface area contributed by atoms with Crippen molar-refractivity contribution in [3.63, 3.8) is 0 Å². The number of halogens is 1. The quantitative estimate of drug-likeness (QED) is 0.810. The topological polar surface area (TPSA) is 64.0 Å². The van der Waals surface area contributed by atoms with Crippen molar-refractivity contribution in [1.82, 2.24) is 9.78 Å². The second-order valence-electron chi connectivity index (χ2n) is 4.27. The second-order valence-corrected chi connectivity index (χ2v) is 6.21. The lowest BCUT2D eigenvalue weighted by Gasteiger charge is -2.12. The van der Waals surface area contributed by atoms with Crippen molar-refractivity contribution in [3.05, 3.63) is 21.6 Å². The van der Waals surface area contributed by atoms with Crippen molar-refractivity contribution in [3.8, 4) is 0 Å². The molecule has 0 amide bonds. The third-order valence-corrected chi connectivity index (χ3v) is 3.59. The van der Waals surface area contributed by atoms with Gasteiger partial charge in [-0.1, -0.05) is 11.6 Å². The van der Waals surface area contributed by atoms with Crippen LogP contribution in [0.2, 0.25) is 5.02 Å². The molecule has 0 saturated carbocycles. The molecule has 1 rings (SSSR count). The Kier molecular flexibility index (Phi) is 5.81. The molecule has 1 aromatic rings. The van der Waals surface area contributed by atoms with Gasteiger partial charge in [-0.2, -0.15) is 5.10 Å². The normalized spacial score (nSPS) is 12.7. The van der Waals surface area contributed by atoms with E-state index in [1.165, 1.54) is 4.68 Å². The molecule has 1 unspecified atom stereocenters. The fraction of sp³-hybridized carbons (Fsp3) is 0.636. The molecule has 7 heteroatoms. The predicted octanol–water partition coefficient (Wildman–Crippen LogP) is 1.66. The summed E-state index contributed by atoms with van der Waals surface area (Å²) in [6.07, 6.45) is 3.97. The number of anilines is 1. The summed E-state index contributed by atoms with van der Waals surface area (Å²) >= 11 is 5.99. The first-order chi connectivity index (χ1) is 8.43. The van der Waals surface area contributed by atoms with Crippen LogP contribution in [0.3, 0.4) is 0 Å². The maximum atomic E-state index is 11.9. The van der Waals surface area contributed by atoms with Gasteiger partial charge in [0.25, 0.3) is 5.56 Å². The maximum absolute atomic E-state index is 11.9. The highest BCUT2D eigenvalue weighted by Gasteiger charge is 2.10. The van der Waals surface area contributed by atoms with Gasteiger partial charge < -0.3 is 5.32 Å². The van der Waals surface area contributed by atoms with Crippen LogP contribution in [0, 0.1) is 0 Å². The number of nitrogens with zero attached hydrogens (tertiary/aromatic N) is 2. The zero-order chi connectivity index (χ0) is 13.7. The number of rotatable bonds is 6. The molecule has 18 heavy (non-hydrogen) atoms. The molecule has 5 nitrogen and oxygen atoms in total. The molecule has 102 valence electrons. The van der Waals surface area contributed by atoms with E-state index in [0.717, 1.165) is 6.42 Å². The molecule has 0 saturated heterocycles. The van der Waals surface area contributed by atoms with E-state index in [-0.39, 0.29) is 16.6 Å². The lowest BCUT2D eigenvalue weighted by Crippen LogP contribution is -2.26. The van der Waals surface area contributed by atoms with E-state index < -0.39 is 10.8 Å². The van der Waals surface area contributed by atoms with Gasteiger partial charge in [0, 0.05) is 29.4 Å². The Bertz CT molecular complexity index is 488. The summed E-state index contributed by atoms with van der Waals surface area (Å²) < 4.78 is 12.2. The molecule has 0 aliphatic rings. The number of hydrogen-bond acceptors (Lipinski definition) is 4. The van der Waals surface area contributed by atoms with Crippen LogP contribution < -0.4 is 10.9 Å². The van der Waals surface area contributed by atoms with E-state index in [1.54, 1.807) is 12.5 Å². The Morgan fingerprint density at radius 2 is 2.22 bits per heavy atom. The highest BCUT2D eigenvalue weighted by Crippen LogP contribution is 2.16. The van der Waals surface area contributed by atoms with E-state index >= 15 is 0 Å². The van der Waals surface area contributed by atoms with Crippen molar-refractivity contribution in [2.24, 2.45) is 0 Å². The van der Waals surface area contributed by atoms with Gasteiger partial charge in [0.1, 0.15) is 5.02 Å². The summed E-state index contributed by atoms with van der Waals surface area (Å²) in [5, 5.41) is 7.23. The molecule has 0 aliphatic carbocycles. The van der Waals surface area contributed by atoms with Gasteiger partial charge in [-0.15, -0.1) is 0 Å². The van der Waals surface area contributed by atoms with E-state index in [0.29, 0.717) is 18.0 Å². The Balaban J connectivity index is 2.71. The van der Waals surface area contributed by atoms with Gasteiger partial charge >= 0.3 is 0 Å². The molecule has 0 spiro atoms. The van der Waals surface area contributed by atoms with Crippen molar-refractivity contribution in [2.45, 2.75) is 26.3 Å². The zero-order valence-corrected chi connectivity index (χ0v) is 12.3. The molecule has 0 radical (unpaired) electrons. The van der Waals surface area contributed by atoms with Crippen LogP contribution in [0.1, 0.15) is 26.3 Å². The first kappa shape index (κ1) is 15.2. The van der Waals surface area contributed by atoms with Crippen LogP contribution in [0.25, 0.3) is 0 Å². The Hall–Kier alpha value is -0.880. The Morgan fingerprint density at radius 3 is 2.78 bits per heavy atom. The van der Waals surface area contributed by atoms with Gasteiger partial charge in [-0.3, -0.25) is 9.00 Å². The SMILES string of the molecule is CC(C)n1ncc(NCCCS(C)=O)c(Cl)c1=O. The fourth-order valence-electron chi connectivity index (χ4n) is 1.43. The van der Waals surface area contributed by atoms with E-state index in [9.17, 15) is 9.00 Å². The smallest absolute Gasteiger partial charge is 0.287 e. The largest absolute Gasteiger partial charge is 0.382 e. The summed E-state index contributed by atoms with van der Waals surface area (Å²) in [6, 6.07) is -0.0217. The van der Waals surface area contributed by atoms with E-state index in [4.69, 9.17) is 11.6 Å².